The standard InChI is InChI=1S/C23H23N5OS/c1-15-11-12-21(16(2)13-15)28-23(25-26-27-28)30-14-22(29)24-17(3)19-10-6-8-18-7-4-5-9-20(18)19/h4-13,17H,14H2,1-3H3,(H,24,29)/t17-/m1/s1. The Balaban J connectivity index is 1.44. The van der Waals surface area contributed by atoms with Crippen LogP contribution in [0.3, 0.4) is 0 Å². The number of nitrogens with one attached hydrogen (secondary N) is 1. The molecule has 0 bridgehead atoms. The number of aromatic nitrogens is 4. The fourth-order valence-electron chi connectivity index (χ4n) is 3.58. The molecule has 0 fully saturated rings. The van der Waals surface area contributed by atoms with E-state index in [0.29, 0.717) is 5.16 Å². The van der Waals surface area contributed by atoms with Crippen LogP contribution in [0.4, 0.5) is 0 Å². The molecule has 1 aromatic heterocycles. The van der Waals surface area contributed by atoms with Crippen LogP contribution in [-0.2, 0) is 4.79 Å². The number of fused-ring (bicyclic) bond motifs is 1. The van der Waals surface area contributed by atoms with Gasteiger partial charge in [-0.2, -0.15) is 4.68 Å². The van der Waals surface area contributed by atoms with Crippen molar-refractivity contribution >= 4 is 28.4 Å². The van der Waals surface area contributed by atoms with Gasteiger partial charge in [-0.25, -0.2) is 0 Å². The Hall–Kier alpha value is -3.19. The number of aryl methyl sites for hydroxylation is 2. The molecule has 0 aliphatic heterocycles. The lowest BCUT2D eigenvalue weighted by Gasteiger charge is -2.16. The summed E-state index contributed by atoms with van der Waals surface area (Å²) in [7, 11) is 0. The number of tetrazole rings is 1. The van der Waals surface area contributed by atoms with Crippen molar-refractivity contribution in [3.05, 3.63) is 77.4 Å². The topological polar surface area (TPSA) is 72.7 Å². The molecule has 3 aromatic carbocycles. The summed E-state index contributed by atoms with van der Waals surface area (Å²) in [5.41, 5.74) is 4.28. The number of carbonyl (C=O) groups is 1. The zero-order valence-electron chi connectivity index (χ0n) is 17.2. The number of hydrogen-bond acceptors (Lipinski definition) is 5. The van der Waals surface area contributed by atoms with Gasteiger partial charge in [-0.1, -0.05) is 71.9 Å². The molecule has 7 heteroatoms. The Morgan fingerprint density at radius 2 is 1.90 bits per heavy atom. The van der Waals surface area contributed by atoms with Crippen LogP contribution in [-0.4, -0.2) is 31.9 Å². The van der Waals surface area contributed by atoms with E-state index in [4.69, 9.17) is 0 Å². The molecule has 1 heterocycles. The normalized spacial score (nSPS) is 12.1. The van der Waals surface area contributed by atoms with E-state index in [0.717, 1.165) is 27.6 Å². The summed E-state index contributed by atoms with van der Waals surface area (Å²) in [5.74, 6) is 0.177. The first-order valence-electron chi connectivity index (χ1n) is 9.79. The lowest BCUT2D eigenvalue weighted by atomic mass is 10.00. The highest BCUT2D eigenvalue weighted by Gasteiger charge is 2.16. The zero-order valence-corrected chi connectivity index (χ0v) is 18.0. The van der Waals surface area contributed by atoms with Gasteiger partial charge in [0, 0.05) is 0 Å². The Morgan fingerprint density at radius 1 is 1.10 bits per heavy atom. The van der Waals surface area contributed by atoms with Crippen LogP contribution in [0.15, 0.2) is 65.8 Å². The fourth-order valence-corrected chi connectivity index (χ4v) is 4.28. The van der Waals surface area contributed by atoms with E-state index >= 15 is 0 Å². The molecule has 1 atom stereocenters. The third-order valence-electron chi connectivity index (χ3n) is 5.02. The smallest absolute Gasteiger partial charge is 0.230 e. The summed E-state index contributed by atoms with van der Waals surface area (Å²) < 4.78 is 1.68. The van der Waals surface area contributed by atoms with Crippen LogP contribution in [0.2, 0.25) is 0 Å². The molecular weight excluding hydrogens is 394 g/mol. The second kappa shape index (κ2) is 8.67. The van der Waals surface area contributed by atoms with Crippen molar-refractivity contribution in [3.8, 4) is 5.69 Å². The Bertz CT molecular complexity index is 1200. The predicted molar refractivity (Wildman–Crippen MR) is 120 cm³/mol. The monoisotopic (exact) mass is 417 g/mol. The van der Waals surface area contributed by atoms with Crippen LogP contribution in [0.1, 0.15) is 29.7 Å². The van der Waals surface area contributed by atoms with Crippen LogP contribution in [0.25, 0.3) is 16.5 Å². The maximum Gasteiger partial charge on any atom is 0.230 e. The number of benzene rings is 3. The number of nitrogens with zero attached hydrogens (tertiary/aromatic N) is 4. The number of carbonyl (C=O) groups excluding carboxylic acids is 1. The highest BCUT2D eigenvalue weighted by atomic mass is 32.2. The molecule has 1 N–H and O–H groups in total. The largest absolute Gasteiger partial charge is 0.349 e. The molecule has 0 saturated carbocycles. The van der Waals surface area contributed by atoms with Crippen molar-refractivity contribution in [2.24, 2.45) is 0 Å². The second-order valence-corrected chi connectivity index (χ2v) is 8.25. The molecule has 152 valence electrons. The predicted octanol–water partition coefficient (Wildman–Crippen LogP) is 4.40. The van der Waals surface area contributed by atoms with Gasteiger partial charge in [-0.3, -0.25) is 4.79 Å². The molecule has 0 radical (unpaired) electrons. The summed E-state index contributed by atoms with van der Waals surface area (Å²) >= 11 is 1.33. The summed E-state index contributed by atoms with van der Waals surface area (Å²) in [5, 5.41) is 18.0. The maximum atomic E-state index is 12.6. The summed E-state index contributed by atoms with van der Waals surface area (Å²) in [6.45, 7) is 6.08. The first kappa shape index (κ1) is 20.1. The van der Waals surface area contributed by atoms with Crippen LogP contribution < -0.4 is 5.32 Å². The Labute approximate surface area is 179 Å². The molecular formula is C23H23N5OS. The van der Waals surface area contributed by atoms with Crippen molar-refractivity contribution in [1.82, 2.24) is 25.5 Å². The Morgan fingerprint density at radius 3 is 2.73 bits per heavy atom. The minimum atomic E-state index is -0.0977. The Kier molecular flexibility index (Phi) is 5.81. The van der Waals surface area contributed by atoms with Crippen molar-refractivity contribution in [3.63, 3.8) is 0 Å². The molecule has 4 aromatic rings. The van der Waals surface area contributed by atoms with Gasteiger partial charge >= 0.3 is 0 Å². The first-order chi connectivity index (χ1) is 14.5. The molecule has 1 amide bonds. The number of amides is 1. The maximum absolute atomic E-state index is 12.6. The zero-order chi connectivity index (χ0) is 21.1. The van der Waals surface area contributed by atoms with Gasteiger partial charge in [0.15, 0.2) is 0 Å². The highest BCUT2D eigenvalue weighted by molar-refractivity contribution is 7.99. The van der Waals surface area contributed by atoms with E-state index in [1.54, 1.807) is 4.68 Å². The molecule has 0 unspecified atom stereocenters. The second-order valence-electron chi connectivity index (χ2n) is 7.31. The average molecular weight is 418 g/mol. The van der Waals surface area contributed by atoms with Crippen molar-refractivity contribution < 1.29 is 4.79 Å². The minimum Gasteiger partial charge on any atom is -0.349 e. The minimum absolute atomic E-state index is 0.0596. The molecule has 6 nitrogen and oxygen atoms in total. The molecule has 30 heavy (non-hydrogen) atoms. The molecule has 0 aliphatic carbocycles. The van der Waals surface area contributed by atoms with Gasteiger partial charge < -0.3 is 5.32 Å². The van der Waals surface area contributed by atoms with Gasteiger partial charge in [0.25, 0.3) is 0 Å². The molecule has 0 aliphatic rings. The first-order valence-corrected chi connectivity index (χ1v) is 10.8. The third-order valence-corrected chi connectivity index (χ3v) is 5.94. The SMILES string of the molecule is Cc1ccc(-n2nnnc2SCC(=O)N[C@H](C)c2cccc3ccccc23)c(C)c1. The number of thioether (sulfide) groups is 1. The van der Waals surface area contributed by atoms with Gasteiger partial charge in [0.2, 0.25) is 11.1 Å². The average Bonchev–Trinajstić information content (AvgIpc) is 3.20. The summed E-state index contributed by atoms with van der Waals surface area (Å²) in [6, 6.07) is 20.4. The van der Waals surface area contributed by atoms with Crippen LogP contribution in [0.5, 0.6) is 0 Å². The van der Waals surface area contributed by atoms with E-state index in [1.807, 2.05) is 51.1 Å². The van der Waals surface area contributed by atoms with Crippen molar-refractivity contribution in [1.29, 1.82) is 0 Å². The van der Waals surface area contributed by atoms with Crippen LogP contribution >= 0.6 is 11.8 Å². The highest BCUT2D eigenvalue weighted by Crippen LogP contribution is 2.25. The molecule has 4 rings (SSSR count). The van der Waals surface area contributed by atoms with Gasteiger partial charge in [0.1, 0.15) is 0 Å². The van der Waals surface area contributed by atoms with Crippen molar-refractivity contribution in [2.45, 2.75) is 32.0 Å². The van der Waals surface area contributed by atoms with Crippen LogP contribution in [0, 0.1) is 13.8 Å². The van der Waals surface area contributed by atoms with E-state index in [1.165, 1.54) is 17.3 Å². The lowest BCUT2D eigenvalue weighted by Crippen LogP contribution is -2.28. The van der Waals surface area contributed by atoms with E-state index in [-0.39, 0.29) is 17.7 Å². The fraction of sp³-hybridized carbons (Fsp3) is 0.217. The number of hydrogen-bond donors (Lipinski definition) is 1. The third kappa shape index (κ3) is 4.21. The van der Waals surface area contributed by atoms with Gasteiger partial charge in [-0.05, 0) is 59.2 Å². The lowest BCUT2D eigenvalue weighted by molar-refractivity contribution is -0.119. The summed E-state index contributed by atoms with van der Waals surface area (Å²) in [6.07, 6.45) is 0. The van der Waals surface area contributed by atoms with E-state index in [9.17, 15) is 4.79 Å². The number of rotatable bonds is 6. The molecule has 0 spiro atoms. The molecule has 0 saturated heterocycles. The summed E-state index contributed by atoms with van der Waals surface area (Å²) in [4.78, 5) is 12.6. The van der Waals surface area contributed by atoms with E-state index < -0.39 is 0 Å². The van der Waals surface area contributed by atoms with E-state index in [2.05, 4.69) is 51.2 Å². The van der Waals surface area contributed by atoms with Gasteiger partial charge in [-0.15, -0.1) is 5.10 Å². The quantitative estimate of drug-likeness (QED) is 0.471. The van der Waals surface area contributed by atoms with Gasteiger partial charge in [0.05, 0.1) is 17.5 Å². The van der Waals surface area contributed by atoms with Crippen molar-refractivity contribution in [2.75, 3.05) is 5.75 Å².